The first-order valence-electron chi connectivity index (χ1n) is 7.48. The van der Waals surface area contributed by atoms with Crippen molar-refractivity contribution in [2.75, 3.05) is 13.2 Å². The standard InChI is InChI=1S/C6H10O.C4H8O.C3H6O.C2H6/c1-2-4-6-5(3-1)7-6;1-4(2)3-5-4;1-3-2-4-3;1-2/h5-6H,1-4H2;3H2,1-2H3;3H,2H2,1H3;1-2H3. The van der Waals surface area contributed by atoms with Crippen molar-refractivity contribution in [2.45, 2.75) is 84.2 Å². The summed E-state index contributed by atoms with van der Waals surface area (Å²) in [6.07, 6.45) is 7.47. The lowest BCUT2D eigenvalue weighted by Crippen LogP contribution is -2.00. The van der Waals surface area contributed by atoms with Gasteiger partial charge < -0.3 is 14.2 Å². The first kappa shape index (κ1) is 15.9. The summed E-state index contributed by atoms with van der Waals surface area (Å²) in [4.78, 5) is 0. The fraction of sp³-hybridized carbons (Fsp3) is 1.00. The van der Waals surface area contributed by atoms with Gasteiger partial charge in [0.2, 0.25) is 0 Å². The van der Waals surface area contributed by atoms with E-state index >= 15 is 0 Å². The summed E-state index contributed by atoms with van der Waals surface area (Å²) in [5.74, 6) is 0. The Kier molecular flexibility index (Phi) is 6.61. The van der Waals surface area contributed by atoms with Gasteiger partial charge in [0.05, 0.1) is 37.1 Å². The van der Waals surface area contributed by atoms with E-state index in [1.54, 1.807) is 0 Å². The molecule has 4 aliphatic rings. The molecule has 0 spiro atoms. The van der Waals surface area contributed by atoms with Gasteiger partial charge in [-0.25, -0.2) is 0 Å². The summed E-state index contributed by atoms with van der Waals surface area (Å²) in [6, 6.07) is 0. The second-order valence-electron chi connectivity index (χ2n) is 5.69. The molecule has 3 atom stereocenters. The van der Waals surface area contributed by atoms with Gasteiger partial charge in [-0.1, -0.05) is 26.7 Å². The fourth-order valence-corrected chi connectivity index (χ4v) is 1.62. The average Bonchev–Trinajstić information content (AvgIpc) is 3.20. The van der Waals surface area contributed by atoms with Gasteiger partial charge in [0.15, 0.2) is 0 Å². The highest BCUT2D eigenvalue weighted by atomic mass is 16.6. The van der Waals surface area contributed by atoms with Gasteiger partial charge in [0.25, 0.3) is 0 Å². The van der Waals surface area contributed by atoms with E-state index in [4.69, 9.17) is 14.2 Å². The third-order valence-corrected chi connectivity index (χ3v) is 3.14. The zero-order valence-corrected chi connectivity index (χ0v) is 12.7. The highest BCUT2D eigenvalue weighted by Crippen LogP contribution is 2.35. The molecule has 0 aromatic carbocycles. The monoisotopic (exact) mass is 258 g/mol. The quantitative estimate of drug-likeness (QED) is 0.624. The first-order chi connectivity index (χ1) is 8.57. The van der Waals surface area contributed by atoms with Crippen molar-refractivity contribution >= 4 is 0 Å². The van der Waals surface area contributed by atoms with Crippen LogP contribution in [-0.2, 0) is 14.2 Å². The summed E-state index contributed by atoms with van der Waals surface area (Å²) in [7, 11) is 0. The lowest BCUT2D eigenvalue weighted by atomic mass is 10.0. The summed E-state index contributed by atoms with van der Waals surface area (Å²) >= 11 is 0. The van der Waals surface area contributed by atoms with Crippen molar-refractivity contribution in [1.29, 1.82) is 0 Å². The second kappa shape index (κ2) is 7.46. The Morgan fingerprint density at radius 1 is 1.00 bits per heavy atom. The minimum absolute atomic E-state index is 0.250. The maximum atomic E-state index is 5.28. The molecule has 0 radical (unpaired) electrons. The molecule has 4 fully saturated rings. The van der Waals surface area contributed by atoms with Crippen LogP contribution in [0.1, 0.15) is 60.3 Å². The van der Waals surface area contributed by atoms with Crippen molar-refractivity contribution in [3.05, 3.63) is 0 Å². The fourth-order valence-electron chi connectivity index (χ4n) is 1.62. The maximum Gasteiger partial charge on any atom is 0.0860 e. The lowest BCUT2D eigenvalue weighted by Gasteiger charge is -2.00. The third-order valence-electron chi connectivity index (χ3n) is 3.14. The van der Waals surface area contributed by atoms with Gasteiger partial charge in [0.1, 0.15) is 0 Å². The van der Waals surface area contributed by atoms with Crippen LogP contribution < -0.4 is 0 Å². The Labute approximate surface area is 112 Å². The molecule has 4 rings (SSSR count). The molecule has 3 heteroatoms. The Hall–Kier alpha value is -0.120. The second-order valence-corrected chi connectivity index (χ2v) is 5.69. The molecule has 3 nitrogen and oxygen atoms in total. The summed E-state index contributed by atoms with van der Waals surface area (Å²) in [6.45, 7) is 12.1. The zero-order chi connectivity index (χ0) is 13.6. The smallest absolute Gasteiger partial charge is 0.0860 e. The largest absolute Gasteiger partial charge is 0.373 e. The van der Waals surface area contributed by atoms with E-state index in [9.17, 15) is 0 Å². The van der Waals surface area contributed by atoms with E-state index in [0.717, 1.165) is 13.2 Å². The van der Waals surface area contributed by atoms with Gasteiger partial charge in [-0.2, -0.15) is 0 Å². The predicted octanol–water partition coefficient (Wildman–Crippen LogP) is 3.55. The van der Waals surface area contributed by atoms with E-state index in [1.807, 2.05) is 13.8 Å². The van der Waals surface area contributed by atoms with Crippen LogP contribution in [0.3, 0.4) is 0 Å². The molecule has 3 aliphatic heterocycles. The van der Waals surface area contributed by atoms with Gasteiger partial charge >= 0.3 is 0 Å². The van der Waals surface area contributed by atoms with E-state index in [-0.39, 0.29) is 5.60 Å². The third kappa shape index (κ3) is 8.06. The van der Waals surface area contributed by atoms with Crippen molar-refractivity contribution in [3.63, 3.8) is 0 Å². The molecule has 3 heterocycles. The molecule has 1 aliphatic carbocycles. The van der Waals surface area contributed by atoms with Crippen LogP contribution in [0.15, 0.2) is 0 Å². The minimum atomic E-state index is 0.250. The van der Waals surface area contributed by atoms with Crippen LogP contribution in [0, 0.1) is 0 Å². The zero-order valence-electron chi connectivity index (χ0n) is 12.7. The van der Waals surface area contributed by atoms with E-state index < -0.39 is 0 Å². The molecule has 0 aromatic rings. The van der Waals surface area contributed by atoms with Crippen LogP contribution in [0.25, 0.3) is 0 Å². The number of epoxide rings is 3. The molecule has 0 aromatic heterocycles. The normalized spacial score (nSPS) is 36.2. The summed E-state index contributed by atoms with van der Waals surface area (Å²) < 4.78 is 14.9. The van der Waals surface area contributed by atoms with Crippen LogP contribution >= 0.6 is 0 Å². The molecule has 0 N–H and O–H groups in total. The molecule has 3 saturated heterocycles. The predicted molar refractivity (Wildman–Crippen MR) is 73.9 cm³/mol. The van der Waals surface area contributed by atoms with Crippen LogP contribution in [0.5, 0.6) is 0 Å². The Morgan fingerprint density at radius 3 is 1.50 bits per heavy atom. The molecule has 0 bridgehead atoms. The summed E-state index contributed by atoms with van der Waals surface area (Å²) in [5.41, 5.74) is 0.250. The van der Waals surface area contributed by atoms with E-state index in [2.05, 4.69) is 20.8 Å². The highest BCUT2D eigenvalue weighted by molar-refractivity contribution is 4.87. The number of ether oxygens (including phenoxy) is 3. The highest BCUT2D eigenvalue weighted by Gasteiger charge is 2.39. The van der Waals surface area contributed by atoms with Gasteiger partial charge in [-0.05, 0) is 33.6 Å². The molecule has 1 saturated carbocycles. The van der Waals surface area contributed by atoms with Crippen molar-refractivity contribution in [1.82, 2.24) is 0 Å². The summed E-state index contributed by atoms with van der Waals surface area (Å²) in [5, 5.41) is 0. The lowest BCUT2D eigenvalue weighted by molar-refractivity contribution is 0.344. The Bertz CT molecular complexity index is 208. The maximum absolute atomic E-state index is 5.28. The van der Waals surface area contributed by atoms with Crippen molar-refractivity contribution in [2.24, 2.45) is 0 Å². The van der Waals surface area contributed by atoms with Crippen molar-refractivity contribution in [3.8, 4) is 0 Å². The van der Waals surface area contributed by atoms with E-state index in [0.29, 0.717) is 18.3 Å². The van der Waals surface area contributed by atoms with Crippen molar-refractivity contribution < 1.29 is 14.2 Å². The SMILES string of the molecule is C1CCC2OC2C1.CC.CC1(C)CO1.CC1CO1. The number of hydrogen-bond donors (Lipinski definition) is 0. The molecule has 108 valence electrons. The topological polar surface area (TPSA) is 37.6 Å². The van der Waals surface area contributed by atoms with Gasteiger partial charge in [-0.15, -0.1) is 0 Å². The first-order valence-corrected chi connectivity index (χ1v) is 7.48. The number of rotatable bonds is 0. The van der Waals surface area contributed by atoms with Crippen LogP contribution in [0.4, 0.5) is 0 Å². The van der Waals surface area contributed by atoms with E-state index in [1.165, 1.54) is 25.7 Å². The van der Waals surface area contributed by atoms with Gasteiger partial charge in [0, 0.05) is 0 Å². The Morgan fingerprint density at radius 2 is 1.33 bits per heavy atom. The molecular weight excluding hydrogens is 228 g/mol. The minimum Gasteiger partial charge on any atom is -0.373 e. The average molecular weight is 258 g/mol. The molecule has 3 unspecified atom stereocenters. The number of fused-ring (bicyclic) bond motifs is 1. The number of hydrogen-bond acceptors (Lipinski definition) is 3. The van der Waals surface area contributed by atoms with Crippen LogP contribution in [0.2, 0.25) is 0 Å². The van der Waals surface area contributed by atoms with Crippen LogP contribution in [-0.4, -0.2) is 37.1 Å². The van der Waals surface area contributed by atoms with Gasteiger partial charge in [-0.3, -0.25) is 0 Å². The Balaban J connectivity index is 0.000000131. The molecule has 0 amide bonds. The molecular formula is C15H30O3. The molecule has 18 heavy (non-hydrogen) atoms.